The number of hydrogen-bond donors (Lipinski definition) is 0. The number of carbonyl (C=O) groups excluding carboxylic acids is 1. The largest absolute Gasteiger partial charge is 0.500 e. The number of hydrogen-bond acceptors (Lipinski definition) is 7. The molecule has 32 heavy (non-hydrogen) atoms. The van der Waals surface area contributed by atoms with Gasteiger partial charge in [0.05, 0.1) is 12.5 Å². The Hall–Kier alpha value is -0.123. The Morgan fingerprint density at radius 3 is 1.91 bits per heavy atom. The monoisotopic (exact) mass is 494 g/mol. The van der Waals surface area contributed by atoms with E-state index in [-0.39, 0.29) is 11.9 Å². The third-order valence-electron chi connectivity index (χ3n) is 5.59. The van der Waals surface area contributed by atoms with E-state index in [1.165, 1.54) is 57.8 Å². The number of carbonyl (C=O) groups is 1. The summed E-state index contributed by atoms with van der Waals surface area (Å²) in [5.74, 6) is 1.43. The predicted molar refractivity (Wildman–Crippen MR) is 136 cm³/mol. The fourth-order valence-corrected chi connectivity index (χ4v) is 6.40. The first-order valence-electron chi connectivity index (χ1n) is 12.5. The SMILES string of the molecule is CCCCCCCCCCCCOCCOC(=O)C(C)CSCCC[Si](OC)(OC)OC. The van der Waals surface area contributed by atoms with Gasteiger partial charge in [-0.1, -0.05) is 71.6 Å². The van der Waals surface area contributed by atoms with E-state index in [1.807, 2.05) is 6.92 Å². The van der Waals surface area contributed by atoms with Gasteiger partial charge >= 0.3 is 14.8 Å². The average molecular weight is 495 g/mol. The Kier molecular flexibility index (Phi) is 22.6. The van der Waals surface area contributed by atoms with E-state index in [4.69, 9.17) is 22.8 Å². The van der Waals surface area contributed by atoms with Crippen molar-refractivity contribution < 1.29 is 27.5 Å². The molecule has 0 rings (SSSR count). The number of esters is 1. The second-order valence-corrected chi connectivity index (χ2v) is 12.6. The maximum atomic E-state index is 12.1. The third kappa shape index (κ3) is 17.4. The van der Waals surface area contributed by atoms with Crippen molar-refractivity contribution in [2.24, 2.45) is 5.92 Å². The molecule has 0 aliphatic rings. The molecule has 0 N–H and O–H groups in total. The van der Waals surface area contributed by atoms with E-state index in [1.54, 1.807) is 33.1 Å². The van der Waals surface area contributed by atoms with E-state index in [2.05, 4.69) is 6.92 Å². The zero-order chi connectivity index (χ0) is 23.9. The highest BCUT2D eigenvalue weighted by Crippen LogP contribution is 2.19. The number of unbranched alkanes of at least 4 members (excludes halogenated alkanes) is 9. The summed E-state index contributed by atoms with van der Waals surface area (Å²) in [5, 5.41) is 0. The quantitative estimate of drug-likeness (QED) is 0.0912. The highest BCUT2D eigenvalue weighted by Gasteiger charge is 2.36. The van der Waals surface area contributed by atoms with Crippen molar-refractivity contribution in [2.75, 3.05) is 52.7 Å². The van der Waals surface area contributed by atoms with Crippen molar-refractivity contribution in [3.05, 3.63) is 0 Å². The Balaban J connectivity index is 3.49. The first-order chi connectivity index (χ1) is 15.5. The summed E-state index contributed by atoms with van der Waals surface area (Å²) < 4.78 is 27.2. The van der Waals surface area contributed by atoms with Crippen LogP contribution in [0.3, 0.4) is 0 Å². The van der Waals surface area contributed by atoms with Gasteiger partial charge < -0.3 is 22.8 Å². The van der Waals surface area contributed by atoms with Crippen LogP contribution in [0.5, 0.6) is 0 Å². The zero-order valence-electron chi connectivity index (χ0n) is 21.5. The lowest BCUT2D eigenvalue weighted by Gasteiger charge is -2.24. The molecule has 1 atom stereocenters. The van der Waals surface area contributed by atoms with Gasteiger partial charge in [0.25, 0.3) is 0 Å². The summed E-state index contributed by atoms with van der Waals surface area (Å²) in [7, 11) is 2.41. The molecule has 0 aliphatic heterocycles. The molecular formula is C24H50O6SSi. The van der Waals surface area contributed by atoms with Crippen molar-refractivity contribution >= 4 is 26.5 Å². The van der Waals surface area contributed by atoms with Crippen molar-refractivity contribution in [3.63, 3.8) is 0 Å². The molecule has 0 heterocycles. The molecule has 0 aromatic carbocycles. The van der Waals surface area contributed by atoms with Gasteiger partial charge in [0.2, 0.25) is 0 Å². The molecule has 0 aromatic rings. The molecular weight excluding hydrogens is 444 g/mol. The average Bonchev–Trinajstić information content (AvgIpc) is 2.81. The summed E-state index contributed by atoms with van der Waals surface area (Å²) in [4.78, 5) is 12.1. The van der Waals surface area contributed by atoms with Gasteiger partial charge in [-0.3, -0.25) is 4.79 Å². The second-order valence-electron chi connectivity index (χ2n) is 8.34. The molecule has 192 valence electrons. The zero-order valence-corrected chi connectivity index (χ0v) is 23.3. The standard InChI is InChI=1S/C24H50O6SSi/c1-6-7-8-9-10-11-12-13-14-15-17-29-18-19-30-24(25)23(2)22-31-20-16-21-32(26-3,27-4)28-5/h23H,6-22H2,1-5H3. The smallest absolute Gasteiger partial charge is 0.463 e. The van der Waals surface area contributed by atoms with Crippen LogP contribution < -0.4 is 0 Å². The molecule has 1 unspecified atom stereocenters. The molecule has 0 aliphatic carbocycles. The van der Waals surface area contributed by atoms with Crippen molar-refractivity contribution in [2.45, 2.75) is 90.5 Å². The highest BCUT2D eigenvalue weighted by atomic mass is 32.2. The maximum absolute atomic E-state index is 12.1. The summed E-state index contributed by atoms with van der Waals surface area (Å²) in [5.41, 5.74) is 0. The Bertz CT molecular complexity index is 415. The van der Waals surface area contributed by atoms with Gasteiger partial charge in [-0.25, -0.2) is 0 Å². The molecule has 8 heteroatoms. The summed E-state index contributed by atoms with van der Waals surface area (Å²) in [6.07, 6.45) is 14.1. The highest BCUT2D eigenvalue weighted by molar-refractivity contribution is 7.99. The van der Waals surface area contributed by atoms with Gasteiger partial charge in [-0.2, -0.15) is 11.8 Å². The Labute approximate surface area is 203 Å². The normalized spacial score (nSPS) is 12.8. The van der Waals surface area contributed by atoms with E-state index in [9.17, 15) is 4.79 Å². The number of thioether (sulfide) groups is 1. The van der Waals surface area contributed by atoms with Crippen LogP contribution >= 0.6 is 11.8 Å². The number of rotatable bonds is 24. The third-order valence-corrected chi connectivity index (χ3v) is 9.73. The van der Waals surface area contributed by atoms with Crippen LogP contribution in [0.1, 0.15) is 84.5 Å². The molecule has 0 spiro atoms. The van der Waals surface area contributed by atoms with E-state index < -0.39 is 8.80 Å². The molecule has 0 aromatic heterocycles. The minimum atomic E-state index is -2.48. The summed E-state index contributed by atoms with van der Waals surface area (Å²) in [6, 6.07) is 0.777. The number of ether oxygens (including phenoxy) is 2. The molecule has 0 fully saturated rings. The molecule has 6 nitrogen and oxygen atoms in total. The van der Waals surface area contributed by atoms with Crippen LogP contribution in [0.2, 0.25) is 6.04 Å². The second kappa shape index (κ2) is 22.7. The first kappa shape index (κ1) is 31.9. The lowest BCUT2D eigenvalue weighted by atomic mass is 10.1. The molecule has 0 radical (unpaired) electrons. The lowest BCUT2D eigenvalue weighted by Crippen LogP contribution is -2.42. The minimum absolute atomic E-state index is 0.115. The molecule has 0 saturated heterocycles. The molecule has 0 saturated carbocycles. The maximum Gasteiger partial charge on any atom is 0.500 e. The topological polar surface area (TPSA) is 63.2 Å². The van der Waals surface area contributed by atoms with Crippen LogP contribution in [-0.4, -0.2) is 67.4 Å². The lowest BCUT2D eigenvalue weighted by molar-refractivity contribution is -0.148. The van der Waals surface area contributed by atoms with Gasteiger partial charge in [0.15, 0.2) is 0 Å². The Morgan fingerprint density at radius 2 is 1.34 bits per heavy atom. The summed E-state index contributed by atoms with van der Waals surface area (Å²) in [6.45, 7) is 5.76. The van der Waals surface area contributed by atoms with Crippen LogP contribution in [-0.2, 0) is 27.5 Å². The van der Waals surface area contributed by atoms with Crippen LogP contribution in [0.15, 0.2) is 0 Å². The fourth-order valence-electron chi connectivity index (χ4n) is 3.41. The minimum Gasteiger partial charge on any atom is -0.463 e. The van der Waals surface area contributed by atoms with Crippen LogP contribution in [0.4, 0.5) is 0 Å². The first-order valence-corrected chi connectivity index (χ1v) is 15.6. The van der Waals surface area contributed by atoms with Crippen molar-refractivity contribution in [1.82, 2.24) is 0 Å². The van der Waals surface area contributed by atoms with Gasteiger partial charge in [0.1, 0.15) is 6.61 Å². The van der Waals surface area contributed by atoms with Crippen molar-refractivity contribution in [3.8, 4) is 0 Å². The van der Waals surface area contributed by atoms with Crippen molar-refractivity contribution in [1.29, 1.82) is 0 Å². The van der Waals surface area contributed by atoms with E-state index >= 15 is 0 Å². The van der Waals surface area contributed by atoms with Gasteiger partial charge in [0, 0.05) is 39.7 Å². The van der Waals surface area contributed by atoms with Gasteiger partial charge in [-0.05, 0) is 18.6 Å². The van der Waals surface area contributed by atoms with E-state index in [0.717, 1.165) is 37.0 Å². The van der Waals surface area contributed by atoms with Crippen LogP contribution in [0, 0.1) is 5.92 Å². The molecule has 0 bridgehead atoms. The Morgan fingerprint density at radius 1 is 0.781 bits per heavy atom. The molecule has 0 amide bonds. The van der Waals surface area contributed by atoms with Gasteiger partial charge in [-0.15, -0.1) is 0 Å². The van der Waals surface area contributed by atoms with E-state index in [0.29, 0.717) is 13.2 Å². The fraction of sp³-hybridized carbons (Fsp3) is 0.958. The van der Waals surface area contributed by atoms with Crippen LogP contribution in [0.25, 0.3) is 0 Å². The predicted octanol–water partition coefficient (Wildman–Crippen LogP) is 6.10. The summed E-state index contributed by atoms with van der Waals surface area (Å²) >= 11 is 1.75.